The first kappa shape index (κ1) is 15.7. The Morgan fingerprint density at radius 2 is 2.04 bits per heavy atom. The summed E-state index contributed by atoms with van der Waals surface area (Å²) in [5, 5.41) is 15.8. The molecule has 5 nitrogen and oxygen atoms in total. The van der Waals surface area contributed by atoms with Crippen molar-refractivity contribution >= 4 is 17.5 Å². The molecule has 1 aliphatic carbocycles. The van der Waals surface area contributed by atoms with Gasteiger partial charge in [0.25, 0.3) is 0 Å². The van der Waals surface area contributed by atoms with Gasteiger partial charge in [-0.3, -0.25) is 0 Å². The normalized spacial score (nSPS) is 15.3. The molecule has 1 saturated carbocycles. The number of anilines is 3. The highest BCUT2D eigenvalue weighted by Gasteiger charge is 2.26. The van der Waals surface area contributed by atoms with E-state index in [1.165, 1.54) is 24.0 Å². The Bertz CT molecular complexity index is 697. The van der Waals surface area contributed by atoms with Crippen LogP contribution in [-0.2, 0) is 0 Å². The molecule has 0 bridgehead atoms. The Balaban J connectivity index is 1.89. The minimum Gasteiger partial charge on any atom is -0.394 e. The minimum absolute atomic E-state index is 0.0523. The number of nitrogens with one attached hydrogen (secondary N) is 2. The molecule has 1 aromatic carbocycles. The van der Waals surface area contributed by atoms with E-state index in [0.717, 1.165) is 17.2 Å². The second-order valence-electron chi connectivity index (χ2n) is 6.38. The Hall–Kier alpha value is -2.14. The van der Waals surface area contributed by atoms with Crippen LogP contribution in [0.15, 0.2) is 24.3 Å². The van der Waals surface area contributed by atoms with Gasteiger partial charge >= 0.3 is 0 Å². The maximum atomic E-state index is 9.22. The first-order valence-electron chi connectivity index (χ1n) is 8.16. The SMILES string of the molecule is Cc1cccc(Nc2cc(C3CC3)nc(N[C@@H](C)CO)n2)c1C. The lowest BCUT2D eigenvalue weighted by atomic mass is 10.1. The number of aliphatic hydroxyl groups excluding tert-OH is 1. The van der Waals surface area contributed by atoms with Crippen molar-refractivity contribution < 1.29 is 5.11 Å². The molecule has 5 heteroatoms. The predicted octanol–water partition coefficient (Wildman–Crippen LogP) is 3.51. The lowest BCUT2D eigenvalue weighted by Gasteiger charge is -2.15. The van der Waals surface area contributed by atoms with E-state index in [-0.39, 0.29) is 12.6 Å². The molecule has 2 aromatic rings. The molecule has 1 atom stereocenters. The van der Waals surface area contributed by atoms with E-state index in [2.05, 4.69) is 46.6 Å². The van der Waals surface area contributed by atoms with Gasteiger partial charge in [0, 0.05) is 23.7 Å². The summed E-state index contributed by atoms with van der Waals surface area (Å²) in [5.41, 5.74) is 4.60. The summed E-state index contributed by atoms with van der Waals surface area (Å²) in [7, 11) is 0. The fourth-order valence-corrected chi connectivity index (χ4v) is 2.47. The molecule has 3 N–H and O–H groups in total. The molecule has 1 heterocycles. The van der Waals surface area contributed by atoms with Crippen LogP contribution in [0, 0.1) is 13.8 Å². The molecule has 0 unspecified atom stereocenters. The van der Waals surface area contributed by atoms with Crippen LogP contribution in [0.1, 0.15) is 42.5 Å². The van der Waals surface area contributed by atoms with Gasteiger partial charge in [0.05, 0.1) is 12.3 Å². The van der Waals surface area contributed by atoms with Crippen LogP contribution in [-0.4, -0.2) is 27.7 Å². The highest BCUT2D eigenvalue weighted by Crippen LogP contribution is 2.40. The van der Waals surface area contributed by atoms with E-state index in [1.54, 1.807) is 0 Å². The second kappa shape index (κ2) is 6.54. The van der Waals surface area contributed by atoms with E-state index in [4.69, 9.17) is 0 Å². The van der Waals surface area contributed by atoms with Crippen molar-refractivity contribution in [2.24, 2.45) is 0 Å². The number of aromatic nitrogens is 2. The summed E-state index contributed by atoms with van der Waals surface area (Å²) in [6, 6.07) is 8.17. The molecule has 0 saturated heterocycles. The third kappa shape index (κ3) is 3.79. The fourth-order valence-electron chi connectivity index (χ4n) is 2.47. The number of aryl methyl sites for hydroxylation is 1. The molecule has 0 aliphatic heterocycles. The minimum atomic E-state index is -0.0713. The zero-order chi connectivity index (χ0) is 16.4. The fraction of sp³-hybridized carbons (Fsp3) is 0.444. The number of hydrogen-bond acceptors (Lipinski definition) is 5. The highest BCUT2D eigenvalue weighted by atomic mass is 16.3. The van der Waals surface area contributed by atoms with Crippen LogP contribution in [0.4, 0.5) is 17.5 Å². The highest BCUT2D eigenvalue weighted by molar-refractivity contribution is 5.63. The van der Waals surface area contributed by atoms with Gasteiger partial charge in [-0.1, -0.05) is 12.1 Å². The molecule has 122 valence electrons. The smallest absolute Gasteiger partial charge is 0.225 e. The third-order valence-electron chi connectivity index (χ3n) is 4.26. The topological polar surface area (TPSA) is 70.1 Å². The van der Waals surface area contributed by atoms with Crippen LogP contribution >= 0.6 is 0 Å². The van der Waals surface area contributed by atoms with Gasteiger partial charge in [-0.15, -0.1) is 0 Å². The van der Waals surface area contributed by atoms with Gasteiger partial charge in [-0.05, 0) is 50.8 Å². The molecule has 1 aliphatic rings. The zero-order valence-corrected chi connectivity index (χ0v) is 13.9. The van der Waals surface area contributed by atoms with Crippen LogP contribution in [0.2, 0.25) is 0 Å². The van der Waals surface area contributed by atoms with E-state index in [1.807, 2.05) is 19.1 Å². The number of aliphatic hydroxyl groups is 1. The molecular weight excluding hydrogens is 288 g/mol. The molecule has 0 radical (unpaired) electrons. The summed E-state index contributed by atoms with van der Waals surface area (Å²) >= 11 is 0. The molecule has 1 fully saturated rings. The van der Waals surface area contributed by atoms with Gasteiger partial charge < -0.3 is 15.7 Å². The van der Waals surface area contributed by atoms with Crippen LogP contribution in [0.3, 0.4) is 0 Å². The number of hydrogen-bond donors (Lipinski definition) is 3. The lowest BCUT2D eigenvalue weighted by Crippen LogP contribution is -2.21. The lowest BCUT2D eigenvalue weighted by molar-refractivity contribution is 0.281. The average molecular weight is 312 g/mol. The zero-order valence-electron chi connectivity index (χ0n) is 13.9. The molecular formula is C18H24N4O. The van der Waals surface area contributed by atoms with Crippen molar-refractivity contribution in [2.75, 3.05) is 17.2 Å². The van der Waals surface area contributed by atoms with Crippen molar-refractivity contribution in [2.45, 2.75) is 45.6 Å². The van der Waals surface area contributed by atoms with E-state index >= 15 is 0 Å². The monoisotopic (exact) mass is 312 g/mol. The Kier molecular flexibility index (Phi) is 4.48. The van der Waals surface area contributed by atoms with Crippen molar-refractivity contribution in [1.82, 2.24) is 9.97 Å². The third-order valence-corrected chi connectivity index (χ3v) is 4.26. The first-order chi connectivity index (χ1) is 11.1. The molecule has 3 rings (SSSR count). The van der Waals surface area contributed by atoms with Gasteiger partial charge in [0.1, 0.15) is 5.82 Å². The molecule has 1 aromatic heterocycles. The van der Waals surface area contributed by atoms with Crippen LogP contribution < -0.4 is 10.6 Å². The van der Waals surface area contributed by atoms with Gasteiger partial charge in [-0.2, -0.15) is 4.98 Å². The maximum absolute atomic E-state index is 9.22. The Labute approximate surface area is 137 Å². The maximum Gasteiger partial charge on any atom is 0.225 e. The summed E-state index contributed by atoms with van der Waals surface area (Å²) in [6.07, 6.45) is 2.38. The van der Waals surface area contributed by atoms with Crippen molar-refractivity contribution in [3.8, 4) is 0 Å². The molecule has 0 spiro atoms. The van der Waals surface area contributed by atoms with Crippen molar-refractivity contribution in [1.29, 1.82) is 0 Å². The summed E-state index contributed by atoms with van der Waals surface area (Å²) in [6.45, 7) is 6.17. The van der Waals surface area contributed by atoms with E-state index in [9.17, 15) is 5.11 Å². The largest absolute Gasteiger partial charge is 0.394 e. The van der Waals surface area contributed by atoms with Crippen LogP contribution in [0.25, 0.3) is 0 Å². The quantitative estimate of drug-likeness (QED) is 0.761. The average Bonchev–Trinajstić information content (AvgIpc) is 3.36. The predicted molar refractivity (Wildman–Crippen MR) is 93.4 cm³/mol. The van der Waals surface area contributed by atoms with Gasteiger partial charge in [0.15, 0.2) is 0 Å². The summed E-state index contributed by atoms with van der Waals surface area (Å²) in [4.78, 5) is 9.14. The van der Waals surface area contributed by atoms with Crippen molar-refractivity contribution in [3.05, 3.63) is 41.1 Å². The van der Waals surface area contributed by atoms with Gasteiger partial charge in [0.2, 0.25) is 5.95 Å². The van der Waals surface area contributed by atoms with E-state index < -0.39 is 0 Å². The second-order valence-corrected chi connectivity index (χ2v) is 6.38. The Morgan fingerprint density at radius 3 is 2.74 bits per heavy atom. The van der Waals surface area contributed by atoms with Gasteiger partial charge in [-0.25, -0.2) is 4.98 Å². The molecule has 0 amide bonds. The Morgan fingerprint density at radius 1 is 1.26 bits per heavy atom. The first-order valence-corrected chi connectivity index (χ1v) is 8.16. The standard InChI is InChI=1S/C18H24N4O/c1-11-5-4-6-15(13(11)3)20-17-9-16(14-7-8-14)21-18(22-17)19-12(2)10-23/h4-6,9,12,14,23H,7-8,10H2,1-3H3,(H2,19,20,21,22)/t12-/m0/s1. The summed E-state index contributed by atoms with van der Waals surface area (Å²) in [5.74, 6) is 1.91. The van der Waals surface area contributed by atoms with Crippen LogP contribution in [0.5, 0.6) is 0 Å². The summed E-state index contributed by atoms with van der Waals surface area (Å²) < 4.78 is 0. The number of rotatable bonds is 6. The van der Waals surface area contributed by atoms with E-state index in [0.29, 0.717) is 11.9 Å². The number of benzene rings is 1. The number of nitrogens with zero attached hydrogens (tertiary/aromatic N) is 2. The molecule has 23 heavy (non-hydrogen) atoms. The van der Waals surface area contributed by atoms with Crippen molar-refractivity contribution in [3.63, 3.8) is 0 Å².